The molecule has 0 radical (unpaired) electrons. The molecule has 0 aliphatic heterocycles. The third-order valence-electron chi connectivity index (χ3n) is 7.65. The Morgan fingerprint density at radius 1 is 0.737 bits per heavy atom. The fourth-order valence-electron chi connectivity index (χ4n) is 5.62. The first-order valence-electron chi connectivity index (χ1n) is 11.5. The summed E-state index contributed by atoms with van der Waals surface area (Å²) in [6.07, 6.45) is -20.5. The smallest absolute Gasteiger partial charge is 0.353 e. The maximum Gasteiger partial charge on any atom is 0.459 e. The third-order valence-corrected chi connectivity index (χ3v) is 7.65. The van der Waals surface area contributed by atoms with Crippen molar-refractivity contribution >= 4 is 0 Å². The molecule has 2 aliphatic rings. The lowest BCUT2D eigenvalue weighted by Crippen LogP contribution is -2.81. The van der Waals surface area contributed by atoms with Crippen LogP contribution in [-0.4, -0.2) is 54.5 Å². The second-order valence-electron chi connectivity index (χ2n) is 9.91. The number of alkyl halides is 14. The van der Waals surface area contributed by atoms with Crippen molar-refractivity contribution in [2.24, 2.45) is 10.8 Å². The molecule has 2 nitrogen and oxygen atoms in total. The van der Waals surface area contributed by atoms with Crippen LogP contribution in [0.4, 0.5) is 61.5 Å². The molecule has 1 atom stereocenters. The van der Waals surface area contributed by atoms with Crippen molar-refractivity contribution < 1.29 is 70.9 Å². The van der Waals surface area contributed by atoms with Crippen molar-refractivity contribution in [3.8, 4) is 0 Å². The van der Waals surface area contributed by atoms with Crippen molar-refractivity contribution in [1.29, 1.82) is 0 Å². The van der Waals surface area contributed by atoms with Crippen molar-refractivity contribution in [2.75, 3.05) is 6.61 Å². The first kappa shape index (κ1) is 32.9. The highest BCUT2D eigenvalue weighted by molar-refractivity contribution is 5.29. The predicted octanol–water partition coefficient (Wildman–Crippen LogP) is 8.71. The number of halogens is 14. The second-order valence-corrected chi connectivity index (χ2v) is 9.91. The Bertz CT molecular complexity index is 815. The molecule has 16 heteroatoms. The molecule has 0 N–H and O–H groups in total. The Hall–Kier alpha value is -1.32. The Morgan fingerprint density at radius 2 is 1.16 bits per heavy atom. The summed E-state index contributed by atoms with van der Waals surface area (Å²) in [6.45, 7) is 4.78. The Labute approximate surface area is 208 Å². The van der Waals surface area contributed by atoms with Gasteiger partial charge >= 0.3 is 36.0 Å². The van der Waals surface area contributed by atoms with Gasteiger partial charge in [-0.3, -0.25) is 0 Å². The molecule has 2 aliphatic carbocycles. The number of allylic oxidation sites excluding steroid dienone is 1. The molecule has 2 fully saturated rings. The summed E-state index contributed by atoms with van der Waals surface area (Å²) in [6, 6.07) is 0. The number of unbranched alkanes of at least 4 members (excludes halogenated alkanes) is 1. The van der Waals surface area contributed by atoms with Gasteiger partial charge in [-0.15, -0.1) is 6.58 Å². The minimum absolute atomic E-state index is 0.0373. The molecule has 0 aromatic heterocycles. The van der Waals surface area contributed by atoms with E-state index in [0.29, 0.717) is 13.3 Å². The zero-order valence-electron chi connectivity index (χ0n) is 20.1. The molecule has 0 heterocycles. The number of ether oxygens (including phenoxy) is 2. The van der Waals surface area contributed by atoms with Crippen LogP contribution < -0.4 is 0 Å². The van der Waals surface area contributed by atoms with Gasteiger partial charge in [-0.05, 0) is 50.9 Å². The quantitative estimate of drug-likeness (QED) is 0.0983. The molecule has 224 valence electrons. The molecule has 0 amide bonds. The molecule has 0 saturated heterocycles. The molecule has 2 bridgehead atoms. The molecule has 1 unspecified atom stereocenters. The van der Waals surface area contributed by atoms with Crippen LogP contribution in [0.3, 0.4) is 0 Å². The number of fused-ring (bicyclic) bond motifs is 2. The average Bonchev–Trinajstić information content (AvgIpc) is 3.33. The normalized spacial score (nSPS) is 26.6. The Kier molecular flexibility index (Phi) is 8.35. The standard InChI is InChI=1S/C22H26F14O2/c1-4-6-11-37-13(3)38-16(17(23,24)19(27,28)21(31,32)33,18(25,26)20(29,30)22(34,35)36)15-9-7-14(5-2,12-15)8-10-15/h5,13H,2,4,6-12H2,1,3H3. The minimum atomic E-state index is -7.54. The highest BCUT2D eigenvalue weighted by Crippen LogP contribution is 2.76. The topological polar surface area (TPSA) is 18.5 Å². The van der Waals surface area contributed by atoms with E-state index in [1.165, 1.54) is 0 Å². The van der Waals surface area contributed by atoms with Crippen LogP contribution in [0.25, 0.3) is 0 Å². The summed E-state index contributed by atoms with van der Waals surface area (Å²) in [5.41, 5.74) is -10.9. The lowest BCUT2D eigenvalue weighted by molar-refractivity contribution is -0.485. The zero-order chi connectivity index (χ0) is 29.9. The van der Waals surface area contributed by atoms with Gasteiger partial charge in [0.25, 0.3) is 0 Å². The van der Waals surface area contributed by atoms with E-state index in [4.69, 9.17) is 4.74 Å². The van der Waals surface area contributed by atoms with Crippen molar-refractivity contribution in [3.63, 3.8) is 0 Å². The highest BCUT2D eigenvalue weighted by atomic mass is 19.4. The van der Waals surface area contributed by atoms with E-state index in [1.807, 2.05) is 0 Å². The lowest BCUT2D eigenvalue weighted by Gasteiger charge is -2.57. The summed E-state index contributed by atoms with van der Waals surface area (Å²) in [5, 5.41) is 0. The van der Waals surface area contributed by atoms with Crippen LogP contribution in [0, 0.1) is 10.8 Å². The summed E-state index contributed by atoms with van der Waals surface area (Å²) in [5.74, 6) is -29.8. The van der Waals surface area contributed by atoms with Crippen LogP contribution in [0.15, 0.2) is 12.7 Å². The summed E-state index contributed by atoms with van der Waals surface area (Å²) < 4.78 is 209. The van der Waals surface area contributed by atoms with Crippen molar-refractivity contribution in [1.82, 2.24) is 0 Å². The average molecular weight is 588 g/mol. The zero-order valence-corrected chi connectivity index (χ0v) is 20.1. The first-order chi connectivity index (χ1) is 16.9. The van der Waals surface area contributed by atoms with E-state index in [0.717, 1.165) is 6.08 Å². The van der Waals surface area contributed by atoms with Gasteiger partial charge in [0.15, 0.2) is 6.29 Å². The molecular formula is C22H26F14O2. The SMILES string of the molecule is C=CC12CCC(C(OC(C)OCCCC)(C(F)(F)C(F)(F)C(F)(F)F)C(F)(F)C(F)(F)C(F)(F)F)(CC1)C2. The van der Waals surface area contributed by atoms with Gasteiger partial charge in [0.2, 0.25) is 5.60 Å². The van der Waals surface area contributed by atoms with Gasteiger partial charge in [0, 0.05) is 12.0 Å². The molecule has 2 rings (SSSR count). The van der Waals surface area contributed by atoms with E-state index in [2.05, 4.69) is 11.3 Å². The number of hydrogen-bond donors (Lipinski definition) is 0. The van der Waals surface area contributed by atoms with Crippen molar-refractivity contribution in [3.05, 3.63) is 12.7 Å². The number of hydrogen-bond acceptors (Lipinski definition) is 2. The third kappa shape index (κ3) is 4.39. The molecule has 38 heavy (non-hydrogen) atoms. The fraction of sp³-hybridized carbons (Fsp3) is 0.909. The molecule has 2 saturated carbocycles. The fourth-order valence-corrected chi connectivity index (χ4v) is 5.62. The van der Waals surface area contributed by atoms with Crippen LogP contribution in [-0.2, 0) is 9.47 Å². The largest absolute Gasteiger partial charge is 0.459 e. The minimum Gasteiger partial charge on any atom is -0.353 e. The van der Waals surface area contributed by atoms with Crippen LogP contribution in [0.1, 0.15) is 58.8 Å². The van der Waals surface area contributed by atoms with Gasteiger partial charge in [-0.25, -0.2) is 0 Å². The molecular weight excluding hydrogens is 562 g/mol. The maximum atomic E-state index is 15.7. The van der Waals surface area contributed by atoms with Crippen LogP contribution in [0.2, 0.25) is 0 Å². The van der Waals surface area contributed by atoms with E-state index >= 15 is 17.6 Å². The summed E-state index contributed by atoms with van der Waals surface area (Å²) in [7, 11) is 0. The highest BCUT2D eigenvalue weighted by Gasteiger charge is 2.96. The molecule has 0 aromatic rings. The van der Waals surface area contributed by atoms with E-state index in [-0.39, 0.29) is 6.42 Å². The Morgan fingerprint density at radius 3 is 1.47 bits per heavy atom. The molecule has 0 aromatic carbocycles. The van der Waals surface area contributed by atoms with E-state index < -0.39 is 97.5 Å². The van der Waals surface area contributed by atoms with E-state index in [9.17, 15) is 43.9 Å². The van der Waals surface area contributed by atoms with Crippen LogP contribution >= 0.6 is 0 Å². The monoisotopic (exact) mass is 588 g/mol. The van der Waals surface area contributed by atoms with Gasteiger partial charge in [0.05, 0.1) is 0 Å². The van der Waals surface area contributed by atoms with Gasteiger partial charge in [0.1, 0.15) is 0 Å². The lowest BCUT2D eigenvalue weighted by atomic mass is 9.60. The van der Waals surface area contributed by atoms with Crippen molar-refractivity contribution in [2.45, 2.75) is 107 Å². The second kappa shape index (κ2) is 9.65. The van der Waals surface area contributed by atoms with Gasteiger partial charge in [-0.1, -0.05) is 19.4 Å². The molecule has 0 spiro atoms. The van der Waals surface area contributed by atoms with Crippen LogP contribution in [0.5, 0.6) is 0 Å². The number of rotatable bonds is 12. The van der Waals surface area contributed by atoms with Gasteiger partial charge in [-0.2, -0.15) is 61.5 Å². The Balaban J connectivity index is 3.02. The summed E-state index contributed by atoms with van der Waals surface area (Å²) >= 11 is 0. The maximum absolute atomic E-state index is 15.7. The van der Waals surface area contributed by atoms with E-state index in [1.54, 1.807) is 6.92 Å². The van der Waals surface area contributed by atoms with Gasteiger partial charge < -0.3 is 9.47 Å². The first-order valence-corrected chi connectivity index (χ1v) is 11.5. The summed E-state index contributed by atoms with van der Waals surface area (Å²) in [4.78, 5) is 0. The predicted molar refractivity (Wildman–Crippen MR) is 104 cm³/mol.